The van der Waals surface area contributed by atoms with Crippen molar-refractivity contribution in [2.75, 3.05) is 5.75 Å². The minimum Gasteiger partial charge on any atom is -0.288 e. The minimum atomic E-state index is -0.566. The van der Waals surface area contributed by atoms with Gasteiger partial charge in [0.1, 0.15) is 6.07 Å². The van der Waals surface area contributed by atoms with E-state index in [1.807, 2.05) is 6.07 Å². The lowest BCUT2D eigenvalue weighted by Gasteiger charge is -1.95. The fourth-order valence-corrected chi connectivity index (χ4v) is 1.46. The van der Waals surface area contributed by atoms with Crippen molar-refractivity contribution in [1.29, 1.82) is 5.26 Å². The number of benzene rings is 1. The van der Waals surface area contributed by atoms with E-state index in [0.717, 1.165) is 11.8 Å². The quantitative estimate of drug-likeness (QED) is 0.462. The van der Waals surface area contributed by atoms with E-state index in [1.54, 1.807) is 0 Å². The highest BCUT2D eigenvalue weighted by molar-refractivity contribution is 8.13. The first kappa shape index (κ1) is 13.8. The van der Waals surface area contributed by atoms with Gasteiger partial charge in [0, 0.05) is 24.6 Å². The first-order valence-electron chi connectivity index (χ1n) is 4.85. The Morgan fingerprint density at radius 3 is 2.78 bits per heavy atom. The van der Waals surface area contributed by atoms with E-state index in [-0.39, 0.29) is 16.4 Å². The molecule has 0 saturated heterocycles. The van der Waals surface area contributed by atoms with E-state index in [9.17, 15) is 14.9 Å². The van der Waals surface area contributed by atoms with Crippen LogP contribution in [-0.4, -0.2) is 15.8 Å². The van der Waals surface area contributed by atoms with Crippen LogP contribution in [0.5, 0.6) is 0 Å². The second-order valence-electron chi connectivity index (χ2n) is 3.18. The Hall–Kier alpha value is -2.31. The maximum Gasteiger partial charge on any atom is 0.270 e. The topological polar surface area (TPSA) is 84.0 Å². The summed E-state index contributed by atoms with van der Waals surface area (Å²) < 4.78 is 0. The molecule has 1 aromatic rings. The summed E-state index contributed by atoms with van der Waals surface area (Å²) in [6.45, 7) is 1.44. The summed E-state index contributed by atoms with van der Waals surface area (Å²) in [7, 11) is 0. The summed E-state index contributed by atoms with van der Waals surface area (Å²) >= 11 is 1.07. The van der Waals surface area contributed by atoms with Gasteiger partial charge in [0.2, 0.25) is 0 Å². The van der Waals surface area contributed by atoms with Gasteiger partial charge < -0.3 is 0 Å². The van der Waals surface area contributed by atoms with Crippen LogP contribution in [0, 0.1) is 33.3 Å². The Labute approximate surface area is 108 Å². The molecule has 0 bridgehead atoms. The Morgan fingerprint density at radius 2 is 2.22 bits per heavy atom. The van der Waals surface area contributed by atoms with E-state index in [2.05, 4.69) is 11.8 Å². The van der Waals surface area contributed by atoms with Crippen LogP contribution >= 0.6 is 11.8 Å². The van der Waals surface area contributed by atoms with Gasteiger partial charge in [-0.3, -0.25) is 14.9 Å². The van der Waals surface area contributed by atoms with Gasteiger partial charge in [-0.15, -0.1) is 0 Å². The largest absolute Gasteiger partial charge is 0.288 e. The number of nitrogens with zero attached hydrogens (tertiary/aromatic N) is 2. The third-order valence-corrected chi connectivity index (χ3v) is 2.60. The lowest BCUT2D eigenvalue weighted by Crippen LogP contribution is -1.91. The summed E-state index contributed by atoms with van der Waals surface area (Å²) in [5, 5.41) is 19.4. The number of thioether (sulfide) groups is 1. The second kappa shape index (κ2) is 6.43. The third kappa shape index (κ3) is 3.93. The molecule has 1 aromatic carbocycles. The summed E-state index contributed by atoms with van der Waals surface area (Å²) in [6.07, 6.45) is 0. The van der Waals surface area contributed by atoms with Gasteiger partial charge in [-0.2, -0.15) is 5.26 Å². The van der Waals surface area contributed by atoms with Crippen LogP contribution in [0.3, 0.4) is 0 Å². The number of nitro groups is 1. The zero-order valence-electron chi connectivity index (χ0n) is 9.47. The molecule has 1 rings (SSSR count). The highest BCUT2D eigenvalue weighted by atomic mass is 32.2. The predicted molar refractivity (Wildman–Crippen MR) is 67.8 cm³/mol. The standard InChI is InChI=1S/C12H8N2O3S/c1-9(15)18-6-2-3-10-4-5-12(14(16)17)7-11(10)8-13/h4-5,7H,6H2,1H3. The van der Waals surface area contributed by atoms with Crippen molar-refractivity contribution in [2.24, 2.45) is 0 Å². The minimum absolute atomic E-state index is 0.0338. The molecule has 90 valence electrons. The molecular weight excluding hydrogens is 252 g/mol. The van der Waals surface area contributed by atoms with Crippen LogP contribution in [0.1, 0.15) is 18.1 Å². The molecule has 0 aromatic heterocycles. The van der Waals surface area contributed by atoms with Crippen molar-refractivity contribution in [1.82, 2.24) is 0 Å². The van der Waals surface area contributed by atoms with Crippen molar-refractivity contribution in [3.05, 3.63) is 39.4 Å². The number of nitriles is 1. The predicted octanol–water partition coefficient (Wildman–Crippen LogP) is 2.10. The highest BCUT2D eigenvalue weighted by Gasteiger charge is 2.08. The van der Waals surface area contributed by atoms with Crippen molar-refractivity contribution < 1.29 is 9.72 Å². The van der Waals surface area contributed by atoms with Crippen molar-refractivity contribution in [3.8, 4) is 17.9 Å². The van der Waals surface area contributed by atoms with Crippen LogP contribution in [0.4, 0.5) is 5.69 Å². The summed E-state index contributed by atoms with van der Waals surface area (Å²) in [6, 6.07) is 5.77. The lowest BCUT2D eigenvalue weighted by atomic mass is 10.1. The third-order valence-electron chi connectivity index (χ3n) is 1.91. The number of hydrogen-bond acceptors (Lipinski definition) is 5. The molecule has 0 amide bonds. The molecule has 0 N–H and O–H groups in total. The Morgan fingerprint density at radius 1 is 1.50 bits per heavy atom. The van der Waals surface area contributed by atoms with E-state index in [4.69, 9.17) is 5.26 Å². The molecule has 0 aliphatic heterocycles. The average Bonchev–Trinajstić information content (AvgIpc) is 2.34. The first-order chi connectivity index (χ1) is 8.54. The van der Waals surface area contributed by atoms with Crippen LogP contribution in [-0.2, 0) is 4.79 Å². The number of rotatable bonds is 2. The number of nitro benzene ring substituents is 1. The van der Waals surface area contributed by atoms with Gasteiger partial charge in [-0.05, 0) is 6.07 Å². The highest BCUT2D eigenvalue weighted by Crippen LogP contribution is 2.16. The van der Waals surface area contributed by atoms with Crippen molar-refractivity contribution >= 4 is 22.6 Å². The molecule has 0 saturated carbocycles. The van der Waals surface area contributed by atoms with Crippen molar-refractivity contribution in [3.63, 3.8) is 0 Å². The molecule has 18 heavy (non-hydrogen) atoms. The molecule has 0 aliphatic rings. The van der Waals surface area contributed by atoms with Gasteiger partial charge >= 0.3 is 0 Å². The van der Waals surface area contributed by atoms with Gasteiger partial charge in [0.25, 0.3) is 5.69 Å². The molecule has 0 unspecified atom stereocenters. The van der Waals surface area contributed by atoms with Gasteiger partial charge in [0.05, 0.1) is 16.2 Å². The van der Waals surface area contributed by atoms with Crippen LogP contribution < -0.4 is 0 Å². The molecule has 0 atom stereocenters. The summed E-state index contributed by atoms with van der Waals surface area (Å²) in [5.41, 5.74) is 0.437. The zero-order chi connectivity index (χ0) is 13.5. The number of carbonyl (C=O) groups is 1. The number of hydrogen-bond donors (Lipinski definition) is 0. The van der Waals surface area contributed by atoms with E-state index in [1.165, 1.54) is 25.1 Å². The van der Waals surface area contributed by atoms with E-state index in [0.29, 0.717) is 11.3 Å². The molecule has 0 radical (unpaired) electrons. The van der Waals surface area contributed by atoms with Gasteiger partial charge in [0.15, 0.2) is 5.12 Å². The fourth-order valence-electron chi connectivity index (χ4n) is 1.12. The van der Waals surface area contributed by atoms with Crippen LogP contribution in [0.2, 0.25) is 0 Å². The molecule has 0 aliphatic carbocycles. The maximum absolute atomic E-state index is 10.7. The maximum atomic E-state index is 10.7. The van der Waals surface area contributed by atoms with Gasteiger partial charge in [-0.1, -0.05) is 23.6 Å². The molecular formula is C12H8N2O3S. The summed E-state index contributed by atoms with van der Waals surface area (Å²) in [5.74, 6) is 5.78. The molecule has 5 nitrogen and oxygen atoms in total. The van der Waals surface area contributed by atoms with E-state index < -0.39 is 4.92 Å². The zero-order valence-corrected chi connectivity index (χ0v) is 10.3. The number of non-ortho nitro benzene ring substituents is 1. The fraction of sp³-hybridized carbons (Fsp3) is 0.167. The van der Waals surface area contributed by atoms with Crippen LogP contribution in [0.25, 0.3) is 0 Å². The summed E-state index contributed by atoms with van der Waals surface area (Å²) in [4.78, 5) is 20.6. The monoisotopic (exact) mass is 260 g/mol. The number of carbonyl (C=O) groups excluding carboxylic acids is 1. The lowest BCUT2D eigenvalue weighted by molar-refractivity contribution is -0.384. The Kier molecular flexibility index (Phi) is 4.91. The molecule has 0 fully saturated rings. The Bertz CT molecular complexity index is 594. The normalized spacial score (nSPS) is 8.89. The average molecular weight is 260 g/mol. The van der Waals surface area contributed by atoms with E-state index >= 15 is 0 Å². The van der Waals surface area contributed by atoms with Crippen LogP contribution in [0.15, 0.2) is 18.2 Å². The van der Waals surface area contributed by atoms with Crippen molar-refractivity contribution in [2.45, 2.75) is 6.92 Å². The molecule has 0 heterocycles. The SMILES string of the molecule is CC(=O)SCC#Cc1ccc([N+](=O)[O-])cc1C#N. The van der Waals surface area contributed by atoms with Gasteiger partial charge in [-0.25, -0.2) is 0 Å². The Balaban J connectivity index is 2.93. The first-order valence-corrected chi connectivity index (χ1v) is 5.84. The smallest absolute Gasteiger partial charge is 0.270 e. The molecule has 6 heteroatoms. The molecule has 0 spiro atoms. The second-order valence-corrected chi connectivity index (χ2v) is 4.33.